The minimum atomic E-state index is -0.217. The molecule has 2 unspecified atom stereocenters. The van der Waals surface area contributed by atoms with E-state index in [0.717, 1.165) is 32.4 Å². The lowest BCUT2D eigenvalue weighted by Crippen LogP contribution is -2.20. The fourth-order valence-corrected chi connectivity index (χ4v) is 2.38. The average molecular weight is 281 g/mol. The van der Waals surface area contributed by atoms with Gasteiger partial charge in [0.2, 0.25) is 0 Å². The topological polar surface area (TPSA) is 30.5 Å². The molecule has 0 aromatic heterocycles. The second kappa shape index (κ2) is 7.60. The third kappa shape index (κ3) is 4.18. The molecule has 1 aromatic carbocycles. The van der Waals surface area contributed by atoms with Gasteiger partial charge in [-0.05, 0) is 38.8 Å². The standard InChI is InChI=1S/C16H24FNO2/c1-3-8-18-12(2)15-7-6-13(10-16(15)17)20-11-14-5-4-9-19-14/h6-7,10,12,14,18H,3-5,8-9,11H2,1-2H3. The Hall–Kier alpha value is -1.13. The maximum atomic E-state index is 14.1. The Kier molecular flexibility index (Phi) is 5.80. The molecule has 4 heteroatoms. The van der Waals surface area contributed by atoms with Crippen LogP contribution in [0.15, 0.2) is 18.2 Å². The third-order valence-corrected chi connectivity index (χ3v) is 3.60. The van der Waals surface area contributed by atoms with Crippen LogP contribution in [0.1, 0.15) is 44.7 Å². The Bertz CT molecular complexity index is 419. The molecule has 112 valence electrons. The first-order chi connectivity index (χ1) is 9.70. The Morgan fingerprint density at radius 1 is 1.50 bits per heavy atom. The molecule has 0 amide bonds. The highest BCUT2D eigenvalue weighted by atomic mass is 19.1. The van der Waals surface area contributed by atoms with Gasteiger partial charge in [-0.3, -0.25) is 0 Å². The lowest BCUT2D eigenvalue weighted by molar-refractivity contribution is 0.0678. The number of nitrogens with one attached hydrogen (secondary N) is 1. The second-order valence-electron chi connectivity index (χ2n) is 5.31. The Morgan fingerprint density at radius 3 is 3.00 bits per heavy atom. The van der Waals surface area contributed by atoms with Crippen molar-refractivity contribution in [2.75, 3.05) is 19.8 Å². The fourth-order valence-electron chi connectivity index (χ4n) is 2.38. The predicted octanol–water partition coefficient (Wildman–Crippen LogP) is 3.44. The molecular weight excluding hydrogens is 257 g/mol. The van der Waals surface area contributed by atoms with Crippen LogP contribution in [-0.2, 0) is 4.74 Å². The molecule has 1 aromatic rings. The van der Waals surface area contributed by atoms with Crippen LogP contribution in [0.4, 0.5) is 4.39 Å². The summed E-state index contributed by atoms with van der Waals surface area (Å²) in [6.07, 6.45) is 3.30. The first-order valence-corrected chi connectivity index (χ1v) is 7.48. The third-order valence-electron chi connectivity index (χ3n) is 3.60. The van der Waals surface area contributed by atoms with Gasteiger partial charge < -0.3 is 14.8 Å². The van der Waals surface area contributed by atoms with Crippen LogP contribution in [0.5, 0.6) is 5.75 Å². The summed E-state index contributed by atoms with van der Waals surface area (Å²) < 4.78 is 25.2. The van der Waals surface area contributed by atoms with Crippen LogP contribution in [0.25, 0.3) is 0 Å². The number of rotatable bonds is 7. The van der Waals surface area contributed by atoms with Gasteiger partial charge in [0, 0.05) is 24.3 Å². The minimum Gasteiger partial charge on any atom is -0.491 e. The van der Waals surface area contributed by atoms with Crippen LogP contribution in [0.3, 0.4) is 0 Å². The predicted molar refractivity (Wildman–Crippen MR) is 77.6 cm³/mol. The molecule has 1 heterocycles. The summed E-state index contributed by atoms with van der Waals surface area (Å²) in [6.45, 7) is 6.27. The summed E-state index contributed by atoms with van der Waals surface area (Å²) in [5.41, 5.74) is 0.683. The number of hydrogen-bond acceptors (Lipinski definition) is 3. The quantitative estimate of drug-likeness (QED) is 0.830. The zero-order chi connectivity index (χ0) is 14.4. The SMILES string of the molecule is CCCNC(C)c1ccc(OCC2CCCO2)cc1F. The van der Waals surface area contributed by atoms with E-state index in [4.69, 9.17) is 9.47 Å². The monoisotopic (exact) mass is 281 g/mol. The molecule has 3 nitrogen and oxygen atoms in total. The van der Waals surface area contributed by atoms with Crippen LogP contribution < -0.4 is 10.1 Å². The summed E-state index contributed by atoms with van der Waals surface area (Å²) in [5, 5.41) is 3.28. The van der Waals surface area contributed by atoms with E-state index in [2.05, 4.69) is 12.2 Å². The lowest BCUT2D eigenvalue weighted by Gasteiger charge is -2.16. The molecule has 0 aliphatic carbocycles. The fraction of sp³-hybridized carbons (Fsp3) is 0.625. The molecule has 2 rings (SSSR count). The summed E-state index contributed by atoms with van der Waals surface area (Å²) in [5.74, 6) is 0.357. The summed E-state index contributed by atoms with van der Waals surface area (Å²) in [7, 11) is 0. The van der Waals surface area contributed by atoms with Crippen LogP contribution in [0, 0.1) is 5.82 Å². The van der Waals surface area contributed by atoms with Crippen molar-refractivity contribution in [3.8, 4) is 5.75 Å². The van der Waals surface area contributed by atoms with Crippen LogP contribution in [-0.4, -0.2) is 25.9 Å². The molecule has 20 heavy (non-hydrogen) atoms. The Labute approximate surface area is 120 Å². The van der Waals surface area contributed by atoms with E-state index in [-0.39, 0.29) is 18.0 Å². The number of ether oxygens (including phenoxy) is 2. The molecule has 1 saturated heterocycles. The number of hydrogen-bond donors (Lipinski definition) is 1. The van der Waals surface area contributed by atoms with Gasteiger partial charge in [0.15, 0.2) is 0 Å². The highest BCUT2D eigenvalue weighted by Crippen LogP contribution is 2.23. The van der Waals surface area contributed by atoms with Crippen molar-refractivity contribution in [2.45, 2.75) is 45.3 Å². The number of halogens is 1. The van der Waals surface area contributed by atoms with Crippen LogP contribution >= 0.6 is 0 Å². The van der Waals surface area contributed by atoms with E-state index in [1.54, 1.807) is 6.07 Å². The van der Waals surface area contributed by atoms with Crippen molar-refractivity contribution in [1.29, 1.82) is 0 Å². The van der Waals surface area contributed by atoms with E-state index in [0.29, 0.717) is 17.9 Å². The first-order valence-electron chi connectivity index (χ1n) is 7.48. The molecule has 0 bridgehead atoms. The van der Waals surface area contributed by atoms with E-state index in [1.807, 2.05) is 13.0 Å². The minimum absolute atomic E-state index is 0.0159. The normalized spacial score (nSPS) is 20.1. The molecule has 1 aliphatic heterocycles. The Balaban J connectivity index is 1.90. The van der Waals surface area contributed by atoms with Gasteiger partial charge in [-0.1, -0.05) is 13.0 Å². The van der Waals surface area contributed by atoms with E-state index in [9.17, 15) is 4.39 Å². The Morgan fingerprint density at radius 2 is 2.35 bits per heavy atom. The van der Waals surface area contributed by atoms with Gasteiger partial charge >= 0.3 is 0 Å². The largest absolute Gasteiger partial charge is 0.491 e. The number of benzene rings is 1. The van der Waals surface area contributed by atoms with Gasteiger partial charge in [0.1, 0.15) is 18.2 Å². The van der Waals surface area contributed by atoms with Crippen molar-refractivity contribution in [3.05, 3.63) is 29.6 Å². The van der Waals surface area contributed by atoms with Crippen molar-refractivity contribution >= 4 is 0 Å². The first kappa shape index (κ1) is 15.3. The zero-order valence-electron chi connectivity index (χ0n) is 12.3. The van der Waals surface area contributed by atoms with Crippen molar-refractivity contribution in [2.24, 2.45) is 0 Å². The highest BCUT2D eigenvalue weighted by molar-refractivity contribution is 5.30. The van der Waals surface area contributed by atoms with Gasteiger partial charge in [-0.25, -0.2) is 4.39 Å². The van der Waals surface area contributed by atoms with Crippen molar-refractivity contribution in [3.63, 3.8) is 0 Å². The lowest BCUT2D eigenvalue weighted by atomic mass is 10.1. The zero-order valence-corrected chi connectivity index (χ0v) is 12.3. The van der Waals surface area contributed by atoms with E-state index in [1.165, 1.54) is 6.07 Å². The maximum Gasteiger partial charge on any atom is 0.131 e. The molecule has 2 atom stereocenters. The summed E-state index contributed by atoms with van der Waals surface area (Å²) in [6, 6.07) is 5.11. The molecule has 0 radical (unpaired) electrons. The van der Waals surface area contributed by atoms with E-state index >= 15 is 0 Å². The average Bonchev–Trinajstić information content (AvgIpc) is 2.96. The van der Waals surface area contributed by atoms with Gasteiger partial charge in [0.25, 0.3) is 0 Å². The van der Waals surface area contributed by atoms with Gasteiger partial charge in [-0.15, -0.1) is 0 Å². The van der Waals surface area contributed by atoms with Crippen LogP contribution in [0.2, 0.25) is 0 Å². The van der Waals surface area contributed by atoms with E-state index < -0.39 is 0 Å². The highest BCUT2D eigenvalue weighted by Gasteiger charge is 2.17. The van der Waals surface area contributed by atoms with Gasteiger partial charge in [-0.2, -0.15) is 0 Å². The van der Waals surface area contributed by atoms with Gasteiger partial charge in [0.05, 0.1) is 6.10 Å². The second-order valence-corrected chi connectivity index (χ2v) is 5.31. The molecule has 1 aliphatic rings. The molecule has 1 N–H and O–H groups in total. The van der Waals surface area contributed by atoms with Crippen molar-refractivity contribution in [1.82, 2.24) is 5.32 Å². The summed E-state index contributed by atoms with van der Waals surface area (Å²) in [4.78, 5) is 0. The molecule has 1 fully saturated rings. The molecule has 0 saturated carbocycles. The maximum absolute atomic E-state index is 14.1. The summed E-state index contributed by atoms with van der Waals surface area (Å²) >= 11 is 0. The smallest absolute Gasteiger partial charge is 0.131 e. The molecule has 0 spiro atoms. The molecular formula is C16H24FNO2. The van der Waals surface area contributed by atoms with Crippen molar-refractivity contribution < 1.29 is 13.9 Å².